The van der Waals surface area contributed by atoms with Gasteiger partial charge >= 0.3 is 24.1 Å². The highest BCUT2D eigenvalue weighted by molar-refractivity contribution is 5.88. The van der Waals surface area contributed by atoms with E-state index in [0.717, 1.165) is 12.1 Å². The van der Waals surface area contributed by atoms with Gasteiger partial charge in [-0.2, -0.15) is 0 Å². The molecule has 2 aromatic heterocycles. The van der Waals surface area contributed by atoms with Crippen LogP contribution in [0, 0.1) is 23.3 Å². The standard InChI is InChI=1S/2C17H18F2N6O3.C4H6O6/c2*18-12-2-1-10(9-28-17(26)24-15(20)21)14(19)13(12)11-7-22-16(23-8-11)25-3-5-27-6-4-25;5-1(3(7)8)2(6)4(9)10/h2*1-2,7-8H,3-6,9H2,(H4,20,21,24,26);1-2,5-6H,(H,7,8)(H,9,10)/t;;1-,2-/m..1/s1. The van der Waals surface area contributed by atoms with Crippen molar-refractivity contribution in [3.63, 3.8) is 0 Å². The summed E-state index contributed by atoms with van der Waals surface area (Å²) in [4.78, 5) is 69.2. The number of ether oxygens (including phenoxy) is 4. The van der Waals surface area contributed by atoms with Gasteiger partial charge in [-0.3, -0.25) is 0 Å². The Morgan fingerprint density at radius 3 is 1.21 bits per heavy atom. The number of carboxylic acids is 2. The van der Waals surface area contributed by atoms with Crippen LogP contribution in [0.1, 0.15) is 11.1 Å². The van der Waals surface area contributed by atoms with Crippen molar-refractivity contribution < 1.29 is 76.1 Å². The van der Waals surface area contributed by atoms with Crippen LogP contribution in [0.3, 0.4) is 0 Å². The van der Waals surface area contributed by atoms with Gasteiger partial charge in [-0.15, -0.1) is 9.98 Å². The second-order valence-electron chi connectivity index (χ2n) is 13.3. The fraction of sp³-hybridized carbons (Fsp3) is 0.316. The number of nitrogens with zero attached hydrogens (tertiary/aromatic N) is 8. The number of hydrogen-bond donors (Lipinski definition) is 8. The summed E-state index contributed by atoms with van der Waals surface area (Å²) in [6.07, 6.45) is -1.33. The minimum absolute atomic E-state index is 0.0483. The number of carbonyl (C=O) groups excluding carboxylic acids is 2. The summed E-state index contributed by atoms with van der Waals surface area (Å²) >= 11 is 0. The molecule has 0 aliphatic carbocycles. The van der Waals surface area contributed by atoms with E-state index in [0.29, 0.717) is 64.5 Å². The maximum Gasteiger partial charge on any atom is 0.437 e. The lowest BCUT2D eigenvalue weighted by Crippen LogP contribution is -2.39. The van der Waals surface area contributed by atoms with Crippen LogP contribution in [0.5, 0.6) is 0 Å². The Labute approximate surface area is 370 Å². The number of aliphatic hydroxyl groups excluding tert-OH is 2. The molecule has 0 saturated carbocycles. The van der Waals surface area contributed by atoms with Gasteiger partial charge in [0.2, 0.25) is 11.9 Å². The zero-order chi connectivity index (χ0) is 48.5. The molecule has 2 atom stereocenters. The predicted molar refractivity (Wildman–Crippen MR) is 220 cm³/mol. The summed E-state index contributed by atoms with van der Waals surface area (Å²) in [6, 6.07) is 4.47. The zero-order valence-corrected chi connectivity index (χ0v) is 34.3. The Balaban J connectivity index is 0.000000240. The number of guanidine groups is 2. The molecule has 4 aromatic rings. The summed E-state index contributed by atoms with van der Waals surface area (Å²) in [6.45, 7) is 3.87. The van der Waals surface area contributed by atoms with Crippen LogP contribution in [-0.2, 0) is 41.8 Å². The minimum Gasteiger partial charge on any atom is -0.479 e. The maximum atomic E-state index is 14.8. The van der Waals surface area contributed by atoms with Crippen molar-refractivity contribution in [3.8, 4) is 22.3 Å². The van der Waals surface area contributed by atoms with Crippen molar-refractivity contribution in [2.45, 2.75) is 25.4 Å². The molecule has 12 N–H and O–H groups in total. The van der Waals surface area contributed by atoms with Gasteiger partial charge in [0.25, 0.3) is 0 Å². The largest absolute Gasteiger partial charge is 0.479 e. The van der Waals surface area contributed by atoms with Gasteiger partial charge in [-0.1, -0.05) is 0 Å². The lowest BCUT2D eigenvalue weighted by molar-refractivity contribution is -0.165. The van der Waals surface area contributed by atoms with Gasteiger partial charge in [0, 0.05) is 73.2 Å². The molecule has 2 aromatic carbocycles. The summed E-state index contributed by atoms with van der Waals surface area (Å²) in [7, 11) is 0. The van der Waals surface area contributed by atoms with Gasteiger partial charge < -0.3 is 72.1 Å². The van der Waals surface area contributed by atoms with E-state index in [-0.39, 0.29) is 33.4 Å². The molecule has 0 unspecified atom stereocenters. The van der Waals surface area contributed by atoms with Crippen molar-refractivity contribution in [3.05, 3.63) is 83.4 Å². The van der Waals surface area contributed by atoms with Gasteiger partial charge in [0.1, 0.15) is 36.5 Å². The Morgan fingerprint density at radius 2 is 0.924 bits per heavy atom. The third-order valence-corrected chi connectivity index (χ3v) is 8.73. The monoisotopic (exact) mass is 934 g/mol. The topological polar surface area (TPSA) is 373 Å². The van der Waals surface area contributed by atoms with E-state index in [1.54, 1.807) is 0 Å². The van der Waals surface area contributed by atoms with Crippen LogP contribution < -0.4 is 32.7 Å². The van der Waals surface area contributed by atoms with Crippen LogP contribution in [0.25, 0.3) is 22.3 Å². The summed E-state index contributed by atoms with van der Waals surface area (Å²) < 4.78 is 78.1. The smallest absolute Gasteiger partial charge is 0.437 e. The zero-order valence-electron chi connectivity index (χ0n) is 34.3. The SMILES string of the molecule is NC(N)=NC(=O)OCc1ccc(F)c(-c2cnc(N3CCOCC3)nc2)c1F.NC(N)=NC(=O)OCc1ccc(F)c(-c2cnc(N3CCOCC3)nc2)c1F.O=C(O)[C@H](O)[C@@H](O)C(=O)O. The maximum absolute atomic E-state index is 14.8. The van der Waals surface area contributed by atoms with E-state index in [4.69, 9.17) is 62.3 Å². The number of amides is 2. The third kappa shape index (κ3) is 14.6. The van der Waals surface area contributed by atoms with E-state index >= 15 is 0 Å². The number of benzene rings is 2. The van der Waals surface area contributed by atoms with Crippen LogP contribution in [0.15, 0.2) is 59.0 Å². The molecular weight excluding hydrogens is 892 g/mol. The second kappa shape index (κ2) is 24.3. The highest BCUT2D eigenvalue weighted by atomic mass is 19.1. The van der Waals surface area contributed by atoms with Crippen molar-refractivity contribution in [1.29, 1.82) is 0 Å². The molecule has 28 heteroatoms. The predicted octanol–water partition coefficient (Wildman–Crippen LogP) is 0.214. The van der Waals surface area contributed by atoms with E-state index < -0.39 is 84.7 Å². The molecule has 0 bridgehead atoms. The number of aromatic nitrogens is 4. The number of carbonyl (C=O) groups is 4. The van der Waals surface area contributed by atoms with Gasteiger partial charge in [0.15, 0.2) is 24.1 Å². The highest BCUT2D eigenvalue weighted by Crippen LogP contribution is 2.30. The van der Waals surface area contributed by atoms with Gasteiger partial charge in [-0.25, -0.2) is 56.7 Å². The molecule has 354 valence electrons. The number of anilines is 2. The number of carboxylic acid groups (broad SMARTS) is 2. The fourth-order valence-corrected chi connectivity index (χ4v) is 5.52. The fourth-order valence-electron chi connectivity index (χ4n) is 5.52. The molecular formula is C38H42F4N12O12. The van der Waals surface area contributed by atoms with E-state index in [9.17, 15) is 36.7 Å². The Hall–Kier alpha value is -7.82. The molecule has 6 rings (SSSR count). The lowest BCUT2D eigenvalue weighted by atomic mass is 10.0. The highest BCUT2D eigenvalue weighted by Gasteiger charge is 2.29. The molecule has 0 spiro atoms. The molecule has 2 aliphatic rings. The van der Waals surface area contributed by atoms with Gasteiger partial charge in [-0.05, 0) is 24.3 Å². The normalized spacial score (nSPS) is 14.2. The first-order valence-electron chi connectivity index (χ1n) is 19.0. The Bertz CT molecular complexity index is 2220. The first-order chi connectivity index (χ1) is 31.4. The van der Waals surface area contributed by atoms with Crippen molar-refractivity contribution >= 4 is 47.9 Å². The molecule has 66 heavy (non-hydrogen) atoms. The number of nitrogens with two attached hydrogens (primary N) is 4. The molecule has 2 fully saturated rings. The van der Waals surface area contributed by atoms with Crippen molar-refractivity contribution in [2.24, 2.45) is 32.9 Å². The summed E-state index contributed by atoms with van der Waals surface area (Å²) in [5.41, 5.74) is 19.8. The summed E-state index contributed by atoms with van der Waals surface area (Å²) in [5.74, 6) is -6.96. The molecule has 4 heterocycles. The quantitative estimate of drug-likeness (QED) is 0.0566. The Kier molecular flexibility index (Phi) is 18.7. The van der Waals surface area contributed by atoms with Crippen LogP contribution in [0.2, 0.25) is 0 Å². The average molecular weight is 935 g/mol. The van der Waals surface area contributed by atoms with E-state index in [2.05, 4.69) is 29.9 Å². The number of halogens is 4. The molecule has 2 aliphatic heterocycles. The average Bonchev–Trinajstić information content (AvgIpc) is 3.29. The first kappa shape index (κ1) is 50.8. The third-order valence-electron chi connectivity index (χ3n) is 8.73. The number of rotatable bonds is 11. The van der Waals surface area contributed by atoms with Gasteiger partial charge in [0.05, 0.1) is 37.6 Å². The van der Waals surface area contributed by atoms with Crippen LogP contribution in [-0.4, -0.2) is 141 Å². The number of morpholine rings is 2. The summed E-state index contributed by atoms with van der Waals surface area (Å²) in [5, 5.41) is 32.5. The first-order valence-corrected chi connectivity index (χ1v) is 19.0. The van der Waals surface area contributed by atoms with Crippen molar-refractivity contribution in [1.82, 2.24) is 19.9 Å². The molecule has 2 amide bonds. The molecule has 24 nitrogen and oxygen atoms in total. The van der Waals surface area contributed by atoms with E-state index in [1.807, 2.05) is 9.80 Å². The number of aliphatic hydroxyl groups is 2. The van der Waals surface area contributed by atoms with Crippen LogP contribution in [0.4, 0.5) is 39.0 Å². The minimum atomic E-state index is -2.27. The van der Waals surface area contributed by atoms with E-state index in [1.165, 1.54) is 36.9 Å². The number of aliphatic imine (C=N–C) groups is 2. The Morgan fingerprint density at radius 1 is 0.606 bits per heavy atom. The van der Waals surface area contributed by atoms with Crippen molar-refractivity contribution in [2.75, 3.05) is 62.4 Å². The number of hydrogen-bond acceptors (Lipinski definition) is 16. The number of aliphatic carboxylic acids is 2. The molecule has 0 radical (unpaired) electrons. The molecule has 2 saturated heterocycles. The second-order valence-corrected chi connectivity index (χ2v) is 13.3. The lowest BCUT2D eigenvalue weighted by Gasteiger charge is -2.26. The van der Waals surface area contributed by atoms with Crippen LogP contribution >= 0.6 is 0 Å².